The van der Waals surface area contributed by atoms with Crippen LogP contribution < -0.4 is 16.6 Å². The molecule has 0 bridgehead atoms. The number of hydrogen-bond acceptors (Lipinski definition) is 6. The van der Waals surface area contributed by atoms with E-state index in [0.717, 1.165) is 22.5 Å². The number of fused-ring (bicyclic) bond motifs is 1. The fourth-order valence-corrected chi connectivity index (χ4v) is 3.16. The molecule has 0 spiro atoms. The first kappa shape index (κ1) is 15.0. The van der Waals surface area contributed by atoms with Crippen LogP contribution in [0.2, 0.25) is 0 Å². The zero-order valence-corrected chi connectivity index (χ0v) is 13.3. The Morgan fingerprint density at radius 1 is 1.35 bits per heavy atom. The lowest BCUT2D eigenvalue weighted by Gasteiger charge is -2.18. The van der Waals surface area contributed by atoms with Crippen molar-refractivity contribution >= 4 is 33.3 Å². The van der Waals surface area contributed by atoms with Gasteiger partial charge in [0, 0.05) is 10.9 Å². The summed E-state index contributed by atoms with van der Waals surface area (Å²) in [5.41, 5.74) is 2.54. The number of rotatable bonds is 6. The van der Waals surface area contributed by atoms with Crippen LogP contribution in [-0.4, -0.2) is 16.0 Å². The molecule has 5 nitrogen and oxygen atoms in total. The maximum atomic E-state index is 5.45. The summed E-state index contributed by atoms with van der Waals surface area (Å²) in [6, 6.07) is 2.49. The molecule has 2 unspecified atom stereocenters. The number of aromatic nitrogens is 2. The van der Waals surface area contributed by atoms with Gasteiger partial charge in [0.15, 0.2) is 0 Å². The Kier molecular flexibility index (Phi) is 4.77. The van der Waals surface area contributed by atoms with E-state index in [0.29, 0.717) is 17.9 Å². The van der Waals surface area contributed by atoms with E-state index >= 15 is 0 Å². The monoisotopic (exact) mass is 293 g/mol. The average molecular weight is 293 g/mol. The highest BCUT2D eigenvalue weighted by atomic mass is 32.1. The third kappa shape index (κ3) is 3.37. The molecule has 0 saturated heterocycles. The van der Waals surface area contributed by atoms with Crippen molar-refractivity contribution in [1.29, 1.82) is 0 Å². The van der Waals surface area contributed by atoms with Gasteiger partial charge in [-0.1, -0.05) is 20.3 Å². The van der Waals surface area contributed by atoms with Crippen molar-refractivity contribution in [3.63, 3.8) is 0 Å². The van der Waals surface area contributed by atoms with Gasteiger partial charge in [0.2, 0.25) is 5.95 Å². The number of aryl methyl sites for hydroxylation is 1. The largest absolute Gasteiger partial charge is 0.367 e. The lowest BCUT2D eigenvalue weighted by Crippen LogP contribution is -2.20. The van der Waals surface area contributed by atoms with Gasteiger partial charge in [0.05, 0.1) is 5.39 Å². The van der Waals surface area contributed by atoms with E-state index in [1.54, 1.807) is 11.3 Å². The SMILES string of the molecule is CCC(C)CC(C)Nc1nc(NN)nc2sc(C)cc12. The smallest absolute Gasteiger partial charge is 0.240 e. The van der Waals surface area contributed by atoms with E-state index in [-0.39, 0.29) is 0 Å². The van der Waals surface area contributed by atoms with Gasteiger partial charge in [-0.15, -0.1) is 11.3 Å². The van der Waals surface area contributed by atoms with Crippen molar-refractivity contribution in [3.05, 3.63) is 10.9 Å². The first-order valence-electron chi connectivity index (χ1n) is 7.04. The van der Waals surface area contributed by atoms with Crippen molar-refractivity contribution in [2.24, 2.45) is 11.8 Å². The molecule has 0 aliphatic heterocycles. The van der Waals surface area contributed by atoms with Crippen molar-refractivity contribution < 1.29 is 0 Å². The van der Waals surface area contributed by atoms with Gasteiger partial charge in [0.25, 0.3) is 0 Å². The van der Waals surface area contributed by atoms with Crippen molar-refractivity contribution in [3.8, 4) is 0 Å². The van der Waals surface area contributed by atoms with Crippen LogP contribution in [0.3, 0.4) is 0 Å². The summed E-state index contributed by atoms with van der Waals surface area (Å²) in [7, 11) is 0. The Balaban J connectivity index is 2.27. The minimum Gasteiger partial charge on any atom is -0.367 e. The molecule has 0 amide bonds. The minimum absolute atomic E-state index is 0.369. The minimum atomic E-state index is 0.369. The van der Waals surface area contributed by atoms with E-state index in [4.69, 9.17) is 5.84 Å². The summed E-state index contributed by atoms with van der Waals surface area (Å²) in [5.74, 6) is 7.47. The molecule has 0 saturated carbocycles. The number of hydrogen-bond donors (Lipinski definition) is 3. The van der Waals surface area contributed by atoms with E-state index in [1.165, 1.54) is 11.3 Å². The average Bonchev–Trinajstić information content (AvgIpc) is 2.78. The van der Waals surface area contributed by atoms with Gasteiger partial charge in [0.1, 0.15) is 10.6 Å². The molecule has 2 heterocycles. The highest BCUT2D eigenvalue weighted by molar-refractivity contribution is 7.18. The van der Waals surface area contributed by atoms with Gasteiger partial charge in [-0.25, -0.2) is 10.8 Å². The lowest BCUT2D eigenvalue weighted by atomic mass is 10.0. The molecule has 0 aliphatic carbocycles. The molecule has 2 rings (SSSR count). The van der Waals surface area contributed by atoms with Crippen LogP contribution in [0, 0.1) is 12.8 Å². The molecule has 2 aromatic heterocycles. The standard InChI is InChI=1S/C14H23N5S/c1-5-8(2)6-9(3)16-12-11-7-10(4)20-13(11)18-14(17-12)19-15/h7-9H,5-6,15H2,1-4H3,(H2,16,17,18,19). The quantitative estimate of drug-likeness (QED) is 0.561. The zero-order chi connectivity index (χ0) is 14.7. The number of thiophene rings is 1. The second kappa shape index (κ2) is 6.37. The summed E-state index contributed by atoms with van der Waals surface area (Å²) in [6.07, 6.45) is 2.31. The highest BCUT2D eigenvalue weighted by Gasteiger charge is 2.13. The third-order valence-electron chi connectivity index (χ3n) is 3.48. The molecule has 2 atom stereocenters. The normalized spacial score (nSPS) is 14.2. The first-order valence-corrected chi connectivity index (χ1v) is 7.86. The number of nitrogens with zero attached hydrogens (tertiary/aromatic N) is 2. The Morgan fingerprint density at radius 3 is 2.75 bits per heavy atom. The van der Waals surface area contributed by atoms with Crippen LogP contribution in [0.1, 0.15) is 38.5 Å². The van der Waals surface area contributed by atoms with E-state index in [1.807, 2.05) is 0 Å². The van der Waals surface area contributed by atoms with Gasteiger partial charge in [-0.3, -0.25) is 5.43 Å². The number of nitrogens with two attached hydrogens (primary N) is 1. The topological polar surface area (TPSA) is 75.9 Å². The maximum absolute atomic E-state index is 5.45. The molecule has 0 radical (unpaired) electrons. The molecule has 6 heteroatoms. The van der Waals surface area contributed by atoms with Crippen molar-refractivity contribution in [2.75, 3.05) is 10.7 Å². The lowest BCUT2D eigenvalue weighted by molar-refractivity contribution is 0.483. The zero-order valence-electron chi connectivity index (χ0n) is 12.5. The van der Waals surface area contributed by atoms with Crippen LogP contribution in [-0.2, 0) is 0 Å². The summed E-state index contributed by atoms with van der Waals surface area (Å²) in [4.78, 5) is 11.0. The van der Waals surface area contributed by atoms with Crippen LogP contribution >= 0.6 is 11.3 Å². The van der Waals surface area contributed by atoms with E-state index in [2.05, 4.69) is 54.5 Å². The first-order chi connectivity index (χ1) is 9.53. The van der Waals surface area contributed by atoms with Crippen LogP contribution in [0.15, 0.2) is 6.07 Å². The van der Waals surface area contributed by atoms with Crippen molar-refractivity contribution in [2.45, 2.75) is 46.6 Å². The molecule has 0 fully saturated rings. The molecule has 2 aromatic rings. The van der Waals surface area contributed by atoms with Crippen molar-refractivity contribution in [1.82, 2.24) is 9.97 Å². The number of nitrogens with one attached hydrogen (secondary N) is 2. The van der Waals surface area contributed by atoms with Crippen LogP contribution in [0.25, 0.3) is 10.2 Å². The Hall–Kier alpha value is -1.40. The van der Waals surface area contributed by atoms with Gasteiger partial charge < -0.3 is 5.32 Å². The predicted octanol–water partition coefficient (Wildman–Crippen LogP) is 3.52. The fourth-order valence-electron chi connectivity index (χ4n) is 2.28. The molecule has 20 heavy (non-hydrogen) atoms. The molecule has 110 valence electrons. The third-order valence-corrected chi connectivity index (χ3v) is 4.43. The highest BCUT2D eigenvalue weighted by Crippen LogP contribution is 2.30. The summed E-state index contributed by atoms with van der Waals surface area (Å²) in [5, 5.41) is 4.57. The molecule has 0 aromatic carbocycles. The van der Waals surface area contributed by atoms with Gasteiger partial charge >= 0.3 is 0 Å². The van der Waals surface area contributed by atoms with Crippen LogP contribution in [0.5, 0.6) is 0 Å². The number of hydrazine groups is 1. The molecule has 4 N–H and O–H groups in total. The summed E-state index contributed by atoms with van der Waals surface area (Å²) in [6.45, 7) is 8.76. The Labute approximate surface area is 124 Å². The second-order valence-corrected chi connectivity index (χ2v) is 6.65. The van der Waals surface area contributed by atoms with Gasteiger partial charge in [-0.2, -0.15) is 4.98 Å². The van der Waals surface area contributed by atoms with E-state index < -0.39 is 0 Å². The summed E-state index contributed by atoms with van der Waals surface area (Å²) >= 11 is 1.65. The Bertz CT molecular complexity index is 580. The van der Waals surface area contributed by atoms with Crippen LogP contribution in [0.4, 0.5) is 11.8 Å². The Morgan fingerprint density at radius 2 is 2.10 bits per heavy atom. The maximum Gasteiger partial charge on any atom is 0.240 e. The molecular formula is C14H23N5S. The number of anilines is 2. The second-order valence-electron chi connectivity index (χ2n) is 5.41. The molecule has 0 aliphatic rings. The number of nitrogen functional groups attached to an aromatic ring is 1. The van der Waals surface area contributed by atoms with Gasteiger partial charge in [-0.05, 0) is 32.3 Å². The fraction of sp³-hybridized carbons (Fsp3) is 0.571. The summed E-state index contributed by atoms with van der Waals surface area (Å²) < 4.78 is 0. The predicted molar refractivity (Wildman–Crippen MR) is 87.1 cm³/mol. The molecular weight excluding hydrogens is 270 g/mol. The van der Waals surface area contributed by atoms with E-state index in [9.17, 15) is 0 Å².